The first-order valence-corrected chi connectivity index (χ1v) is 19.5. The minimum absolute atomic E-state index is 1.09. The summed E-state index contributed by atoms with van der Waals surface area (Å²) in [7, 11) is 0. The molecule has 0 fully saturated rings. The Labute approximate surface area is 331 Å². The lowest BCUT2D eigenvalue weighted by molar-refractivity contribution is 1.14. The smallest absolute Gasteiger partial charge is 0.0561 e. The Morgan fingerprint density at radius 1 is 0.246 bits per heavy atom. The summed E-state index contributed by atoms with van der Waals surface area (Å²) in [4.78, 5) is 2.37. The fourth-order valence-electron chi connectivity index (χ4n) is 8.64. The van der Waals surface area contributed by atoms with E-state index in [1.54, 1.807) is 0 Å². The van der Waals surface area contributed by atoms with Crippen LogP contribution in [-0.2, 0) is 0 Å². The number of anilines is 3. The van der Waals surface area contributed by atoms with Gasteiger partial charge in [0.2, 0.25) is 0 Å². The van der Waals surface area contributed by atoms with Gasteiger partial charge in [-0.2, -0.15) is 0 Å². The lowest BCUT2D eigenvalue weighted by atomic mass is 10.0. The molecule has 3 nitrogen and oxygen atoms in total. The first kappa shape index (κ1) is 32.8. The van der Waals surface area contributed by atoms with Gasteiger partial charge >= 0.3 is 0 Å². The topological polar surface area (TPSA) is 13.1 Å². The van der Waals surface area contributed by atoms with Gasteiger partial charge in [0.1, 0.15) is 0 Å². The molecule has 0 aliphatic carbocycles. The quantitative estimate of drug-likeness (QED) is 0.159. The molecule has 0 spiro atoms. The van der Waals surface area contributed by atoms with Gasteiger partial charge in [-0.3, -0.25) is 0 Å². The normalized spacial score (nSPS) is 11.5. The maximum Gasteiger partial charge on any atom is 0.0561 e. The van der Waals surface area contributed by atoms with Crippen molar-refractivity contribution in [3.05, 3.63) is 224 Å². The lowest BCUT2D eigenvalue weighted by Gasteiger charge is -2.26. The van der Waals surface area contributed by atoms with Crippen molar-refractivity contribution in [3.63, 3.8) is 0 Å². The van der Waals surface area contributed by atoms with Gasteiger partial charge in [-0.15, -0.1) is 0 Å². The number of nitrogens with zero attached hydrogens (tertiary/aromatic N) is 3. The van der Waals surface area contributed by atoms with Crippen LogP contribution in [0.1, 0.15) is 0 Å². The largest absolute Gasteiger partial charge is 0.310 e. The number of para-hydroxylation sites is 3. The summed E-state index contributed by atoms with van der Waals surface area (Å²) >= 11 is 0. The summed E-state index contributed by atoms with van der Waals surface area (Å²) in [6.45, 7) is 0. The maximum atomic E-state index is 2.42. The van der Waals surface area contributed by atoms with Gasteiger partial charge < -0.3 is 14.0 Å². The predicted octanol–water partition coefficient (Wildman–Crippen LogP) is 14.7. The molecule has 0 unspecified atom stereocenters. The average Bonchev–Trinajstić information content (AvgIpc) is 3.80. The van der Waals surface area contributed by atoms with E-state index < -0.39 is 0 Å². The molecule has 9 aromatic carbocycles. The molecule has 3 heteroatoms. The van der Waals surface area contributed by atoms with Crippen LogP contribution in [0.15, 0.2) is 224 Å². The molecule has 0 saturated heterocycles. The molecule has 0 N–H and O–H groups in total. The van der Waals surface area contributed by atoms with Crippen LogP contribution < -0.4 is 4.90 Å². The molecule has 2 heterocycles. The molecular weight excluding hydrogens is 691 g/mol. The van der Waals surface area contributed by atoms with Crippen molar-refractivity contribution >= 4 is 60.7 Å². The zero-order valence-corrected chi connectivity index (χ0v) is 31.2. The van der Waals surface area contributed by atoms with E-state index in [4.69, 9.17) is 0 Å². The van der Waals surface area contributed by atoms with Crippen LogP contribution >= 0.6 is 0 Å². The minimum Gasteiger partial charge on any atom is -0.310 e. The van der Waals surface area contributed by atoms with Gasteiger partial charge in [0, 0.05) is 50.0 Å². The predicted molar refractivity (Wildman–Crippen MR) is 241 cm³/mol. The highest BCUT2D eigenvalue weighted by Gasteiger charge is 2.19. The summed E-state index contributed by atoms with van der Waals surface area (Å²) < 4.78 is 4.79. The number of hydrogen-bond acceptors (Lipinski definition) is 1. The van der Waals surface area contributed by atoms with E-state index in [-0.39, 0.29) is 0 Å². The minimum atomic E-state index is 1.09. The molecular formula is C54H37N3. The molecule has 0 atom stereocenters. The summed E-state index contributed by atoms with van der Waals surface area (Å²) in [5.41, 5.74) is 15.1. The third kappa shape index (κ3) is 5.60. The van der Waals surface area contributed by atoms with E-state index in [2.05, 4.69) is 238 Å². The highest BCUT2D eigenvalue weighted by molar-refractivity contribution is 6.11. The van der Waals surface area contributed by atoms with Crippen LogP contribution in [0, 0.1) is 0 Å². The zero-order valence-electron chi connectivity index (χ0n) is 31.2. The molecule has 0 aliphatic heterocycles. The zero-order chi connectivity index (χ0) is 37.7. The fourth-order valence-corrected chi connectivity index (χ4v) is 8.64. The first-order chi connectivity index (χ1) is 28.3. The Morgan fingerprint density at radius 2 is 0.579 bits per heavy atom. The van der Waals surface area contributed by atoms with Gasteiger partial charge in [-0.25, -0.2) is 0 Å². The van der Waals surface area contributed by atoms with E-state index in [9.17, 15) is 0 Å². The van der Waals surface area contributed by atoms with Crippen molar-refractivity contribution in [2.75, 3.05) is 4.90 Å². The van der Waals surface area contributed by atoms with E-state index in [1.165, 1.54) is 60.3 Å². The second kappa shape index (κ2) is 13.6. The summed E-state index contributed by atoms with van der Waals surface area (Å²) in [5.74, 6) is 0. The standard InChI is InChI=1S/C54H37N3/c1-3-13-38(14-4-1)40-23-27-42(28-24-40)55(43-29-25-41(26-30-43)39-15-5-2-6-16-39)46-35-36-50-49-19-9-12-22-53(49)57(54(50)37-46)45-33-31-44(32-34-45)56-51-20-10-7-17-47(51)48-18-8-11-21-52(48)56/h1-37H. The van der Waals surface area contributed by atoms with Gasteiger partial charge in [0.15, 0.2) is 0 Å². The van der Waals surface area contributed by atoms with Crippen molar-refractivity contribution in [2.24, 2.45) is 0 Å². The van der Waals surface area contributed by atoms with Crippen LogP contribution in [-0.4, -0.2) is 9.13 Å². The highest BCUT2D eigenvalue weighted by Crippen LogP contribution is 2.41. The molecule has 0 amide bonds. The Bertz CT molecular complexity index is 3060. The van der Waals surface area contributed by atoms with Crippen molar-refractivity contribution in [2.45, 2.75) is 0 Å². The van der Waals surface area contributed by atoms with E-state index in [1.807, 2.05) is 0 Å². The molecule has 0 saturated carbocycles. The van der Waals surface area contributed by atoms with Gasteiger partial charge in [0.05, 0.1) is 22.1 Å². The maximum absolute atomic E-state index is 2.42. The molecule has 57 heavy (non-hydrogen) atoms. The van der Waals surface area contributed by atoms with Crippen LogP contribution in [0.25, 0.3) is 77.2 Å². The third-order valence-corrected chi connectivity index (χ3v) is 11.3. The average molecular weight is 728 g/mol. The van der Waals surface area contributed by atoms with Gasteiger partial charge in [-0.1, -0.05) is 146 Å². The number of hydrogen-bond donors (Lipinski definition) is 0. The van der Waals surface area contributed by atoms with Crippen LogP contribution in [0.2, 0.25) is 0 Å². The number of fused-ring (bicyclic) bond motifs is 6. The van der Waals surface area contributed by atoms with Crippen molar-refractivity contribution in [3.8, 4) is 33.6 Å². The summed E-state index contributed by atoms with van der Waals surface area (Å²) in [6, 6.07) is 81.1. The van der Waals surface area contributed by atoms with Crippen molar-refractivity contribution in [1.29, 1.82) is 0 Å². The Balaban J connectivity index is 1.06. The molecule has 11 rings (SSSR count). The molecule has 0 bridgehead atoms. The number of rotatable bonds is 7. The fraction of sp³-hybridized carbons (Fsp3) is 0. The van der Waals surface area contributed by atoms with E-state index >= 15 is 0 Å². The Hall–Kier alpha value is -7.62. The summed E-state index contributed by atoms with van der Waals surface area (Å²) in [5, 5.41) is 4.98. The molecule has 268 valence electrons. The van der Waals surface area contributed by atoms with Crippen LogP contribution in [0.3, 0.4) is 0 Å². The number of benzene rings is 9. The van der Waals surface area contributed by atoms with Crippen LogP contribution in [0.5, 0.6) is 0 Å². The van der Waals surface area contributed by atoms with Crippen molar-refractivity contribution < 1.29 is 0 Å². The Morgan fingerprint density at radius 3 is 1.02 bits per heavy atom. The van der Waals surface area contributed by atoms with E-state index in [0.717, 1.165) is 34.0 Å². The van der Waals surface area contributed by atoms with E-state index in [0.29, 0.717) is 0 Å². The molecule has 2 aromatic heterocycles. The molecule has 0 aliphatic rings. The van der Waals surface area contributed by atoms with Crippen LogP contribution in [0.4, 0.5) is 17.1 Å². The molecule has 0 radical (unpaired) electrons. The van der Waals surface area contributed by atoms with Crippen molar-refractivity contribution in [1.82, 2.24) is 9.13 Å². The number of aromatic nitrogens is 2. The molecule has 11 aromatic rings. The van der Waals surface area contributed by atoms with Gasteiger partial charge in [-0.05, 0) is 101 Å². The second-order valence-corrected chi connectivity index (χ2v) is 14.6. The Kier molecular flexibility index (Phi) is 7.82. The first-order valence-electron chi connectivity index (χ1n) is 19.5. The summed E-state index contributed by atoms with van der Waals surface area (Å²) in [6.07, 6.45) is 0. The lowest BCUT2D eigenvalue weighted by Crippen LogP contribution is -2.10. The second-order valence-electron chi connectivity index (χ2n) is 14.6. The SMILES string of the molecule is c1ccc(-c2ccc(N(c3ccc(-c4ccccc4)cc3)c3ccc4c5ccccc5n(-c5ccc(-n6c7ccccc7c7ccccc76)cc5)c4c3)cc2)cc1. The van der Waals surface area contributed by atoms with Gasteiger partial charge in [0.25, 0.3) is 0 Å². The third-order valence-electron chi connectivity index (χ3n) is 11.3. The monoisotopic (exact) mass is 727 g/mol. The highest BCUT2D eigenvalue weighted by atomic mass is 15.1.